The summed E-state index contributed by atoms with van der Waals surface area (Å²) >= 11 is 0. The average molecular weight is 844 g/mol. The minimum atomic E-state index is -0.667. The maximum absolute atomic E-state index is 11.6. The van der Waals surface area contributed by atoms with Crippen molar-refractivity contribution in [3.05, 3.63) is 24.3 Å². The third-order valence-electron chi connectivity index (χ3n) is 9.85. The number of aliphatic hydroxyl groups is 1. The van der Waals surface area contributed by atoms with Gasteiger partial charge in [-0.2, -0.15) is 0 Å². The number of aliphatic hydroxyl groups excluding tert-OH is 1. The Bertz CT molecular complexity index is 1370. The highest BCUT2D eigenvalue weighted by molar-refractivity contribution is 5.94. The average Bonchev–Trinajstić information content (AvgIpc) is 3.54. The number of nitrogens with one attached hydrogen (secondary N) is 2. The van der Waals surface area contributed by atoms with Crippen LogP contribution in [0, 0.1) is 23.7 Å². The number of hydrogen-bond donors (Lipinski definition) is 3. The van der Waals surface area contributed by atoms with E-state index in [9.17, 15) is 24.0 Å². The highest BCUT2D eigenvalue weighted by atomic mass is 16.7. The van der Waals surface area contributed by atoms with E-state index in [1.165, 1.54) is 20.8 Å². The van der Waals surface area contributed by atoms with E-state index in [4.69, 9.17) is 43.0 Å². The Balaban J connectivity index is 0.000000945. The van der Waals surface area contributed by atoms with Crippen LogP contribution in [0.3, 0.4) is 0 Å². The number of aliphatic imine (C=N–C) groups is 1. The molecule has 4 unspecified atom stereocenters. The molecule has 0 aromatic heterocycles. The van der Waals surface area contributed by atoms with Gasteiger partial charge in [-0.1, -0.05) is 48.3 Å². The van der Waals surface area contributed by atoms with Crippen LogP contribution in [-0.2, 0) is 61.9 Å². The number of allylic oxidation sites excluding steroid dienone is 1. The Morgan fingerprint density at radius 2 is 1.34 bits per heavy atom. The van der Waals surface area contributed by atoms with Gasteiger partial charge in [0, 0.05) is 52.8 Å². The number of esters is 2. The molecule has 0 aromatic carbocycles. The molecular weight excluding hydrogens is 770 g/mol. The Labute approximate surface area is 351 Å². The molecule has 0 spiro atoms. The second-order valence-electron chi connectivity index (χ2n) is 14.8. The van der Waals surface area contributed by atoms with Crippen molar-refractivity contribution < 1.29 is 67.0 Å². The fourth-order valence-corrected chi connectivity index (χ4v) is 6.04. The van der Waals surface area contributed by atoms with Crippen molar-refractivity contribution in [1.82, 2.24) is 10.6 Å². The van der Waals surface area contributed by atoms with Crippen molar-refractivity contribution in [2.24, 2.45) is 28.7 Å². The van der Waals surface area contributed by atoms with Crippen LogP contribution in [-0.4, -0.2) is 137 Å². The van der Waals surface area contributed by atoms with E-state index in [-0.39, 0.29) is 112 Å². The first-order valence-electron chi connectivity index (χ1n) is 19.9. The molecule has 0 aromatic rings. The van der Waals surface area contributed by atoms with Gasteiger partial charge in [0.25, 0.3) is 0 Å². The van der Waals surface area contributed by atoms with E-state index in [0.717, 1.165) is 0 Å². The van der Waals surface area contributed by atoms with E-state index in [1.807, 2.05) is 20.8 Å². The molecule has 59 heavy (non-hydrogen) atoms. The molecule has 2 amide bonds. The van der Waals surface area contributed by atoms with Crippen LogP contribution in [0.25, 0.3) is 0 Å². The van der Waals surface area contributed by atoms with Gasteiger partial charge in [-0.15, -0.1) is 0 Å². The lowest BCUT2D eigenvalue weighted by atomic mass is 9.82. The number of amides is 2. The van der Waals surface area contributed by atoms with E-state index in [1.54, 1.807) is 13.8 Å². The summed E-state index contributed by atoms with van der Waals surface area (Å²) in [6.45, 7) is 27.4. The Morgan fingerprint density at radius 1 is 0.763 bits per heavy atom. The van der Waals surface area contributed by atoms with E-state index in [0.29, 0.717) is 68.8 Å². The van der Waals surface area contributed by atoms with Crippen molar-refractivity contribution in [2.75, 3.05) is 59.4 Å². The van der Waals surface area contributed by atoms with Crippen LogP contribution in [0.5, 0.6) is 0 Å². The monoisotopic (exact) mass is 844 g/mol. The zero-order chi connectivity index (χ0) is 43.9. The first-order chi connectivity index (χ1) is 27.3. The summed E-state index contributed by atoms with van der Waals surface area (Å²) in [6, 6.07) is -0.247. The summed E-state index contributed by atoms with van der Waals surface area (Å²) in [5.41, 5.74) is 1.04. The summed E-state index contributed by atoms with van der Waals surface area (Å²) in [4.78, 5) is 60.3. The minimum absolute atomic E-state index is 0. The lowest BCUT2D eigenvalue weighted by molar-refractivity contribution is -0.246. The zero-order valence-electron chi connectivity index (χ0n) is 36.2. The SMILES string of the molecule is C.C=C(C)C(=O)CCCOCCO[C@@H]1OC(COC(C)=O)[C@H](C)[C@H](C)C1NC(C)=O.C=C(C)C(=O)NCCOCCO.CC(=O)OCC1O[C@H]2OC(C)=NC2[C@@H](C)[C@H]1C. The number of carbonyl (C=O) groups excluding carboxylic acids is 5. The maximum Gasteiger partial charge on any atom is 0.302 e. The number of ether oxygens (including phenoxy) is 8. The second-order valence-corrected chi connectivity index (χ2v) is 14.8. The van der Waals surface area contributed by atoms with Crippen molar-refractivity contribution in [3.63, 3.8) is 0 Å². The van der Waals surface area contributed by atoms with Crippen LogP contribution in [0.1, 0.15) is 89.5 Å². The summed E-state index contributed by atoms with van der Waals surface area (Å²) in [5, 5.41) is 13.8. The standard InChI is InChI=1S/C21H35NO7.C12H19NO4.C8H15NO3.CH4/c1-13(2)18(25)8-7-9-26-10-11-27-21-20(22-16(5)23)15(4)14(3)19(29-21)12-28-17(6)24;1-6-7(2)11-12(16-8(3)13-11)17-10(6)5-15-9(4)14;1-7(2)8(11)9-3-5-12-6-4-10;/h14-15,19-21H,1,7-12H2,2-6H3,(H,22,23);6-7,10-12H,5H2,1-4H3;10H,1,3-6H2,2H3,(H,9,11);1H4/t14-,15+,19?,20?,21-;6-,7+,10?,11?,12-;;/m11../s1. The number of fused-ring (bicyclic) bond motifs is 1. The Kier molecular flexibility index (Phi) is 27.6. The van der Waals surface area contributed by atoms with Gasteiger partial charge < -0.3 is 53.6 Å². The van der Waals surface area contributed by atoms with Gasteiger partial charge in [-0.25, -0.2) is 4.99 Å². The number of nitrogens with zero attached hydrogens (tertiary/aromatic N) is 1. The third-order valence-corrected chi connectivity index (χ3v) is 9.85. The molecule has 10 atom stereocenters. The molecule has 0 bridgehead atoms. The highest BCUT2D eigenvalue weighted by Gasteiger charge is 2.46. The van der Waals surface area contributed by atoms with Gasteiger partial charge in [0.2, 0.25) is 18.1 Å². The van der Waals surface area contributed by atoms with Crippen molar-refractivity contribution in [1.29, 1.82) is 0 Å². The summed E-state index contributed by atoms with van der Waals surface area (Å²) in [5.74, 6) is 0.503. The molecule has 340 valence electrons. The maximum atomic E-state index is 11.6. The quantitative estimate of drug-likeness (QED) is 0.0906. The summed E-state index contributed by atoms with van der Waals surface area (Å²) in [6.07, 6.45) is -0.380. The molecule has 17 heteroatoms. The van der Waals surface area contributed by atoms with Gasteiger partial charge in [0.15, 0.2) is 18.0 Å². The van der Waals surface area contributed by atoms with Crippen molar-refractivity contribution >= 4 is 35.4 Å². The zero-order valence-corrected chi connectivity index (χ0v) is 36.2. The Morgan fingerprint density at radius 3 is 1.88 bits per heavy atom. The smallest absolute Gasteiger partial charge is 0.302 e. The molecule has 3 aliphatic heterocycles. The number of rotatable bonds is 20. The minimum Gasteiger partial charge on any atom is -0.463 e. The van der Waals surface area contributed by atoms with Gasteiger partial charge in [-0.05, 0) is 49.5 Å². The molecule has 2 fully saturated rings. The van der Waals surface area contributed by atoms with E-state index < -0.39 is 6.29 Å². The second kappa shape index (κ2) is 29.5. The fourth-order valence-electron chi connectivity index (χ4n) is 6.04. The topological polar surface area (TPSA) is 216 Å². The third kappa shape index (κ3) is 21.4. The Hall–Kier alpha value is -3.74. The van der Waals surface area contributed by atoms with Crippen molar-refractivity contribution in [3.8, 4) is 0 Å². The van der Waals surface area contributed by atoms with Gasteiger partial charge in [-0.3, -0.25) is 24.0 Å². The van der Waals surface area contributed by atoms with Gasteiger partial charge >= 0.3 is 11.9 Å². The predicted molar refractivity (Wildman–Crippen MR) is 221 cm³/mol. The molecule has 17 nitrogen and oxygen atoms in total. The molecule has 0 radical (unpaired) electrons. The van der Waals surface area contributed by atoms with E-state index in [2.05, 4.69) is 42.6 Å². The number of ketones is 1. The molecule has 0 saturated carbocycles. The normalized spacial score (nSPS) is 26.6. The number of carbonyl (C=O) groups is 5. The largest absolute Gasteiger partial charge is 0.463 e. The van der Waals surface area contributed by atoms with Gasteiger partial charge in [0.05, 0.1) is 51.3 Å². The highest BCUT2D eigenvalue weighted by Crippen LogP contribution is 2.36. The molecule has 3 aliphatic rings. The van der Waals surface area contributed by atoms with Crippen LogP contribution < -0.4 is 10.6 Å². The van der Waals surface area contributed by atoms with Crippen LogP contribution in [0.2, 0.25) is 0 Å². The van der Waals surface area contributed by atoms with Crippen molar-refractivity contribution in [2.45, 2.75) is 126 Å². The molecule has 3 rings (SSSR count). The van der Waals surface area contributed by atoms with Crippen LogP contribution >= 0.6 is 0 Å². The first kappa shape index (κ1) is 55.3. The molecule has 3 heterocycles. The first-order valence-corrected chi connectivity index (χ1v) is 19.9. The number of hydrogen-bond acceptors (Lipinski definition) is 15. The fraction of sp³-hybridized carbons (Fsp3) is 0.762. The number of Topliss-reactive ketones (excluding diaryl/α,β-unsaturated/α-hetero) is 1. The molecular formula is C42H73N3O14. The van der Waals surface area contributed by atoms with Crippen LogP contribution in [0.15, 0.2) is 29.3 Å². The lowest BCUT2D eigenvalue weighted by Gasteiger charge is -2.44. The van der Waals surface area contributed by atoms with Gasteiger partial charge in [0.1, 0.15) is 19.3 Å². The molecule has 0 aliphatic carbocycles. The molecule has 2 saturated heterocycles. The molecule has 3 N–H and O–H groups in total. The summed E-state index contributed by atoms with van der Waals surface area (Å²) in [7, 11) is 0. The predicted octanol–water partition coefficient (Wildman–Crippen LogP) is 3.70. The lowest BCUT2D eigenvalue weighted by Crippen LogP contribution is -2.58. The van der Waals surface area contributed by atoms with Crippen LogP contribution in [0.4, 0.5) is 0 Å². The summed E-state index contributed by atoms with van der Waals surface area (Å²) < 4.78 is 43.7. The van der Waals surface area contributed by atoms with E-state index >= 15 is 0 Å².